The van der Waals surface area contributed by atoms with E-state index in [4.69, 9.17) is 23.7 Å². The highest BCUT2D eigenvalue weighted by Crippen LogP contribution is 2.26. The van der Waals surface area contributed by atoms with Gasteiger partial charge >= 0.3 is 23.9 Å². The zero-order valence-electron chi connectivity index (χ0n) is 46.1. The Morgan fingerprint density at radius 1 is 0.466 bits per heavy atom. The van der Waals surface area contributed by atoms with Crippen LogP contribution in [0.4, 0.5) is 0 Å². The quantitative estimate of drug-likeness (QED) is 0.0228. The van der Waals surface area contributed by atoms with Crippen LogP contribution in [-0.2, 0) is 42.9 Å². The first-order valence-corrected chi connectivity index (χ1v) is 29.3. The maximum absolute atomic E-state index is 13.1. The van der Waals surface area contributed by atoms with Crippen molar-refractivity contribution in [1.82, 2.24) is 0 Å². The van der Waals surface area contributed by atoms with Gasteiger partial charge in [0.15, 0.2) is 24.6 Å². The fraction of sp³-hybridized carbons (Fsp3) is 0.770. The number of aliphatic hydroxyl groups is 2. The number of carboxylic acid groups (broad SMARTS) is 1. The van der Waals surface area contributed by atoms with Crippen LogP contribution in [0.5, 0.6) is 0 Å². The minimum atomic E-state index is -1.91. The van der Waals surface area contributed by atoms with Gasteiger partial charge < -0.3 is 39.0 Å². The summed E-state index contributed by atoms with van der Waals surface area (Å²) < 4.78 is 28.4. The van der Waals surface area contributed by atoms with Gasteiger partial charge in [-0.15, -0.1) is 0 Å². The molecule has 1 aliphatic heterocycles. The van der Waals surface area contributed by atoms with E-state index < -0.39 is 67.3 Å². The van der Waals surface area contributed by atoms with Crippen molar-refractivity contribution >= 4 is 23.9 Å². The number of unbranched alkanes of at least 4 members (excludes halogenated alkanes) is 25. The molecular formula is C61H104O12. The molecule has 0 aliphatic carbocycles. The van der Waals surface area contributed by atoms with Crippen molar-refractivity contribution in [3.05, 3.63) is 60.8 Å². The van der Waals surface area contributed by atoms with E-state index in [2.05, 4.69) is 81.5 Å². The maximum Gasteiger partial charge on any atom is 0.335 e. The molecule has 0 aromatic carbocycles. The third-order valence-corrected chi connectivity index (χ3v) is 13.0. The normalized spacial score (nSPS) is 18.7. The Morgan fingerprint density at radius 2 is 0.877 bits per heavy atom. The monoisotopic (exact) mass is 1030 g/mol. The first-order chi connectivity index (χ1) is 35.6. The zero-order valence-corrected chi connectivity index (χ0v) is 46.1. The zero-order chi connectivity index (χ0) is 53.3. The molecule has 6 atom stereocenters. The summed E-state index contributed by atoms with van der Waals surface area (Å²) in [5.74, 6) is -3.15. The number of hydrogen-bond donors (Lipinski definition) is 3. The highest BCUT2D eigenvalue weighted by Gasteiger charge is 2.50. The van der Waals surface area contributed by atoms with Gasteiger partial charge in [-0.2, -0.15) is 0 Å². The fourth-order valence-corrected chi connectivity index (χ4v) is 8.53. The van der Waals surface area contributed by atoms with Crippen LogP contribution < -0.4 is 0 Å². The number of esters is 3. The van der Waals surface area contributed by atoms with Gasteiger partial charge in [-0.25, -0.2) is 4.79 Å². The van der Waals surface area contributed by atoms with Crippen LogP contribution >= 0.6 is 0 Å². The van der Waals surface area contributed by atoms with Crippen molar-refractivity contribution in [2.75, 3.05) is 13.2 Å². The van der Waals surface area contributed by atoms with Crippen LogP contribution in [0.1, 0.15) is 252 Å². The molecule has 1 saturated heterocycles. The van der Waals surface area contributed by atoms with Crippen molar-refractivity contribution in [3.8, 4) is 0 Å². The van der Waals surface area contributed by atoms with Crippen molar-refractivity contribution in [2.24, 2.45) is 0 Å². The maximum atomic E-state index is 13.1. The van der Waals surface area contributed by atoms with E-state index in [-0.39, 0.29) is 25.9 Å². The molecule has 73 heavy (non-hydrogen) atoms. The second-order valence-electron chi connectivity index (χ2n) is 19.9. The largest absolute Gasteiger partial charge is 0.479 e. The molecule has 12 heteroatoms. The number of rotatable bonds is 49. The smallest absolute Gasteiger partial charge is 0.335 e. The second-order valence-corrected chi connectivity index (χ2v) is 19.9. The molecule has 1 rings (SSSR count). The minimum absolute atomic E-state index is 0.0477. The number of allylic oxidation sites excluding steroid dienone is 10. The average Bonchev–Trinajstić information content (AvgIpc) is 3.37. The lowest BCUT2D eigenvalue weighted by Crippen LogP contribution is -2.61. The Hall–Kier alpha value is -3.58. The van der Waals surface area contributed by atoms with E-state index in [9.17, 15) is 34.5 Å². The number of carbonyl (C=O) groups excluding carboxylic acids is 3. The molecule has 1 heterocycles. The van der Waals surface area contributed by atoms with Gasteiger partial charge in [0.25, 0.3) is 0 Å². The van der Waals surface area contributed by atoms with Crippen LogP contribution in [0.15, 0.2) is 60.8 Å². The lowest BCUT2D eigenvalue weighted by Gasteiger charge is -2.40. The Kier molecular flexibility index (Phi) is 45.5. The number of ether oxygens (including phenoxy) is 5. The third kappa shape index (κ3) is 39.5. The molecule has 0 radical (unpaired) electrons. The van der Waals surface area contributed by atoms with Gasteiger partial charge in [-0.05, 0) is 96.3 Å². The molecule has 0 spiro atoms. The molecule has 1 aliphatic rings. The Balaban J connectivity index is 2.70. The first kappa shape index (κ1) is 67.4. The van der Waals surface area contributed by atoms with E-state index in [1.807, 2.05) is 0 Å². The number of hydrogen-bond acceptors (Lipinski definition) is 11. The van der Waals surface area contributed by atoms with E-state index in [1.54, 1.807) is 0 Å². The van der Waals surface area contributed by atoms with Crippen LogP contribution in [0, 0.1) is 0 Å². The SMILES string of the molecule is CC/C=C\C/C=C\C/C=C\CCCCCCCCCC(=O)OCC(COC1OC(C(=O)O)C(O)C(O)C1OC(=O)CCCCCCC/C=C\CCCC)OC(=O)CCCCCCC/C=C\CCCCCCCC. The lowest BCUT2D eigenvalue weighted by atomic mass is 9.98. The van der Waals surface area contributed by atoms with Crippen molar-refractivity contribution in [2.45, 2.75) is 289 Å². The Labute approximate surface area is 443 Å². The summed E-state index contributed by atoms with van der Waals surface area (Å²) in [4.78, 5) is 51.0. The molecule has 0 amide bonds. The molecule has 420 valence electrons. The summed E-state index contributed by atoms with van der Waals surface area (Å²) in [5, 5.41) is 31.4. The molecule has 0 saturated carbocycles. The highest BCUT2D eigenvalue weighted by atomic mass is 16.7. The third-order valence-electron chi connectivity index (χ3n) is 13.0. The topological polar surface area (TPSA) is 175 Å². The summed E-state index contributed by atoms with van der Waals surface area (Å²) >= 11 is 0. The number of carboxylic acids is 1. The molecule has 3 N–H and O–H groups in total. The summed E-state index contributed by atoms with van der Waals surface area (Å²) in [6.45, 7) is 5.82. The minimum Gasteiger partial charge on any atom is -0.479 e. The van der Waals surface area contributed by atoms with Gasteiger partial charge in [0.2, 0.25) is 0 Å². The van der Waals surface area contributed by atoms with E-state index in [0.29, 0.717) is 19.3 Å². The highest BCUT2D eigenvalue weighted by molar-refractivity contribution is 5.74. The predicted octanol–water partition coefficient (Wildman–Crippen LogP) is 14.8. The van der Waals surface area contributed by atoms with Gasteiger partial charge in [-0.3, -0.25) is 14.4 Å². The number of carbonyl (C=O) groups is 4. The average molecular weight is 1030 g/mol. The van der Waals surface area contributed by atoms with Crippen molar-refractivity contribution in [1.29, 1.82) is 0 Å². The number of aliphatic carboxylic acids is 1. The summed E-state index contributed by atoms with van der Waals surface area (Å²) in [7, 11) is 0. The standard InChI is InChI=1S/C61H104O12/c1-4-7-10-13-16-19-22-24-26-27-29-30-33-35-38-41-44-47-53(62)69-50-52(71-54(63)48-45-42-39-37-34-31-28-25-23-20-17-14-11-8-5-2)51-70-61-59(57(66)56(65)58(73-61)60(67)68)72-55(64)49-46-43-40-36-32-21-18-15-12-9-6-3/h7,10,15-16,18-19,24-26,28,52,56-59,61,65-66H,4-6,8-9,11-14,17,20-23,27,29-51H2,1-3H3,(H,67,68)/b10-7-,18-15-,19-16-,26-24-,28-25-. The van der Waals surface area contributed by atoms with Crippen LogP contribution in [-0.4, -0.2) is 89.2 Å². The molecule has 12 nitrogen and oxygen atoms in total. The van der Waals surface area contributed by atoms with Gasteiger partial charge in [0.05, 0.1) is 6.61 Å². The van der Waals surface area contributed by atoms with Crippen molar-refractivity contribution < 1.29 is 58.2 Å². The van der Waals surface area contributed by atoms with Crippen LogP contribution in [0.2, 0.25) is 0 Å². The van der Waals surface area contributed by atoms with Crippen molar-refractivity contribution in [3.63, 3.8) is 0 Å². The lowest BCUT2D eigenvalue weighted by molar-refractivity contribution is -0.301. The van der Waals surface area contributed by atoms with Crippen LogP contribution in [0.25, 0.3) is 0 Å². The first-order valence-electron chi connectivity index (χ1n) is 29.3. The molecule has 6 unspecified atom stereocenters. The number of aliphatic hydroxyl groups excluding tert-OH is 2. The molecule has 1 fully saturated rings. The van der Waals surface area contributed by atoms with Crippen LogP contribution in [0.3, 0.4) is 0 Å². The molecular weight excluding hydrogens is 925 g/mol. The summed E-state index contributed by atoms with van der Waals surface area (Å²) in [6, 6.07) is 0. The Bertz CT molecular complexity index is 1500. The second kappa shape index (κ2) is 49.3. The Morgan fingerprint density at radius 3 is 1.37 bits per heavy atom. The molecule has 0 aromatic rings. The molecule has 0 bridgehead atoms. The fourth-order valence-electron chi connectivity index (χ4n) is 8.53. The predicted molar refractivity (Wildman–Crippen MR) is 294 cm³/mol. The molecule has 0 aromatic heterocycles. The summed E-state index contributed by atoms with van der Waals surface area (Å²) in [5.41, 5.74) is 0. The van der Waals surface area contributed by atoms with E-state index in [1.165, 1.54) is 57.8 Å². The van der Waals surface area contributed by atoms with E-state index in [0.717, 1.165) is 135 Å². The summed E-state index contributed by atoms with van der Waals surface area (Å²) in [6.07, 6.45) is 47.7. The van der Waals surface area contributed by atoms with Gasteiger partial charge in [-0.1, -0.05) is 197 Å². The van der Waals surface area contributed by atoms with E-state index >= 15 is 0 Å². The van der Waals surface area contributed by atoms with Gasteiger partial charge in [0, 0.05) is 19.3 Å². The van der Waals surface area contributed by atoms with Gasteiger partial charge in [0.1, 0.15) is 18.8 Å².